The van der Waals surface area contributed by atoms with Crippen LogP contribution in [0.1, 0.15) is 36.9 Å². The molecule has 0 aromatic carbocycles. The van der Waals surface area contributed by atoms with E-state index in [2.05, 4.69) is 11.7 Å². The summed E-state index contributed by atoms with van der Waals surface area (Å²) < 4.78 is 65.5. The van der Waals surface area contributed by atoms with Gasteiger partial charge in [0.1, 0.15) is 5.56 Å². The number of hydrogen-bond acceptors (Lipinski definition) is 1. The second-order valence-electron chi connectivity index (χ2n) is 5.13. The van der Waals surface area contributed by atoms with Crippen LogP contribution in [0.5, 0.6) is 0 Å². The lowest BCUT2D eigenvalue weighted by molar-refractivity contribution is -0.137. The quantitative estimate of drug-likeness (QED) is 0.757. The fourth-order valence-corrected chi connectivity index (χ4v) is 2.50. The molecule has 0 N–H and O–H groups in total. The summed E-state index contributed by atoms with van der Waals surface area (Å²) in [5.74, 6) is -2.71. The molecule has 0 atom stereocenters. The summed E-state index contributed by atoms with van der Waals surface area (Å²) in [7, 11) is 0. The Hall–Kier alpha value is -1.40. The molecule has 1 aliphatic rings. The van der Waals surface area contributed by atoms with Crippen LogP contribution in [0.15, 0.2) is 12.8 Å². The van der Waals surface area contributed by atoms with Crippen LogP contribution in [-0.2, 0) is 12.7 Å². The molecule has 0 amide bonds. The van der Waals surface area contributed by atoms with Gasteiger partial charge in [-0.3, -0.25) is 4.68 Å². The Morgan fingerprint density at radius 3 is 2.45 bits per heavy atom. The highest BCUT2D eigenvalue weighted by Crippen LogP contribution is 2.37. The summed E-state index contributed by atoms with van der Waals surface area (Å²) in [6.07, 6.45) is -2.46. The smallest absolute Gasteiger partial charge is 0.265 e. The highest BCUT2D eigenvalue weighted by atomic mass is 19.4. The van der Waals surface area contributed by atoms with Crippen LogP contribution in [-0.4, -0.2) is 15.7 Å². The van der Waals surface area contributed by atoms with E-state index in [1.165, 1.54) is 4.68 Å². The number of halogens is 5. The van der Waals surface area contributed by atoms with E-state index in [9.17, 15) is 22.0 Å². The Labute approximate surface area is 113 Å². The Balaban J connectivity index is 2.11. The summed E-state index contributed by atoms with van der Waals surface area (Å²) >= 11 is 0. The monoisotopic (exact) mass is 294 g/mol. The third-order valence-electron chi connectivity index (χ3n) is 3.65. The average molecular weight is 294 g/mol. The van der Waals surface area contributed by atoms with Crippen molar-refractivity contribution < 1.29 is 22.0 Å². The van der Waals surface area contributed by atoms with Crippen molar-refractivity contribution >= 4 is 6.08 Å². The molecule has 2 rings (SSSR count). The molecule has 1 saturated carbocycles. The van der Waals surface area contributed by atoms with Crippen molar-refractivity contribution in [3.05, 3.63) is 24.0 Å². The molecule has 0 radical (unpaired) electrons. The van der Waals surface area contributed by atoms with E-state index >= 15 is 0 Å². The maximum absolute atomic E-state index is 13.0. The normalized spacial score (nSPS) is 20.1. The lowest BCUT2D eigenvalue weighted by atomic mass is 9.87. The molecule has 7 heteroatoms. The van der Waals surface area contributed by atoms with Gasteiger partial charge >= 0.3 is 6.18 Å². The summed E-state index contributed by atoms with van der Waals surface area (Å²) in [6, 6.07) is 0. The summed E-state index contributed by atoms with van der Waals surface area (Å²) in [4.78, 5) is 0. The van der Waals surface area contributed by atoms with Crippen molar-refractivity contribution in [2.75, 3.05) is 0 Å². The van der Waals surface area contributed by atoms with E-state index < -0.39 is 17.7 Å². The van der Waals surface area contributed by atoms with E-state index in [-0.39, 0.29) is 31.0 Å². The Morgan fingerprint density at radius 1 is 1.35 bits per heavy atom. The van der Waals surface area contributed by atoms with Gasteiger partial charge < -0.3 is 0 Å². The second kappa shape index (κ2) is 5.18. The largest absolute Gasteiger partial charge is 0.420 e. The van der Waals surface area contributed by atoms with Crippen molar-refractivity contribution in [3.63, 3.8) is 0 Å². The van der Waals surface area contributed by atoms with Gasteiger partial charge in [0.15, 0.2) is 0 Å². The number of rotatable bonds is 3. The van der Waals surface area contributed by atoms with Crippen molar-refractivity contribution in [1.82, 2.24) is 9.78 Å². The molecule has 1 aromatic rings. The van der Waals surface area contributed by atoms with Crippen molar-refractivity contribution in [2.24, 2.45) is 5.92 Å². The fourth-order valence-electron chi connectivity index (χ4n) is 2.50. The first kappa shape index (κ1) is 15.0. The molecule has 1 aromatic heterocycles. The summed E-state index contributed by atoms with van der Waals surface area (Å²) in [5, 5.41) is 3.72. The molecule has 20 heavy (non-hydrogen) atoms. The third-order valence-corrected chi connectivity index (χ3v) is 3.65. The number of nitrogens with zero attached hydrogens (tertiary/aromatic N) is 2. The van der Waals surface area contributed by atoms with Gasteiger partial charge in [-0.25, -0.2) is 8.78 Å². The minimum Gasteiger partial charge on any atom is -0.265 e. The minimum absolute atomic E-state index is 0.0747. The van der Waals surface area contributed by atoms with Gasteiger partial charge in [0, 0.05) is 19.4 Å². The SMILES string of the molecule is C=Cc1c(C(F)(F)F)cnn1CC1CCC(F)(F)CC1. The van der Waals surface area contributed by atoms with Crippen LogP contribution in [0.2, 0.25) is 0 Å². The van der Waals surface area contributed by atoms with Gasteiger partial charge in [0.2, 0.25) is 5.92 Å². The molecule has 0 spiro atoms. The highest BCUT2D eigenvalue weighted by Gasteiger charge is 2.37. The molecule has 1 heterocycles. The molecule has 0 saturated heterocycles. The van der Waals surface area contributed by atoms with Gasteiger partial charge in [-0.2, -0.15) is 18.3 Å². The van der Waals surface area contributed by atoms with Gasteiger partial charge in [0.25, 0.3) is 0 Å². The van der Waals surface area contributed by atoms with Crippen LogP contribution in [0, 0.1) is 5.92 Å². The summed E-state index contributed by atoms with van der Waals surface area (Å²) in [5.41, 5.74) is -0.941. The fraction of sp³-hybridized carbons (Fsp3) is 0.615. The number of aromatic nitrogens is 2. The van der Waals surface area contributed by atoms with Gasteiger partial charge in [0.05, 0.1) is 11.9 Å². The Bertz CT molecular complexity index is 479. The van der Waals surface area contributed by atoms with Gasteiger partial charge in [-0.15, -0.1) is 0 Å². The first-order chi connectivity index (χ1) is 9.23. The van der Waals surface area contributed by atoms with Crippen molar-refractivity contribution in [2.45, 2.75) is 44.3 Å². The van der Waals surface area contributed by atoms with Gasteiger partial charge in [-0.1, -0.05) is 6.58 Å². The lowest BCUT2D eigenvalue weighted by Crippen LogP contribution is -2.27. The molecule has 1 fully saturated rings. The van der Waals surface area contributed by atoms with E-state index in [0.717, 1.165) is 12.3 Å². The molecule has 0 unspecified atom stereocenters. The number of alkyl halides is 5. The average Bonchev–Trinajstić information content (AvgIpc) is 2.74. The molecular formula is C13H15F5N2. The molecule has 2 nitrogen and oxygen atoms in total. The second-order valence-corrected chi connectivity index (χ2v) is 5.13. The Morgan fingerprint density at radius 2 is 1.95 bits per heavy atom. The van der Waals surface area contributed by atoms with E-state index in [1.807, 2.05) is 0 Å². The summed E-state index contributed by atoms with van der Waals surface area (Å²) in [6.45, 7) is 3.59. The maximum atomic E-state index is 13.0. The minimum atomic E-state index is -4.48. The first-order valence-electron chi connectivity index (χ1n) is 6.36. The third kappa shape index (κ3) is 3.19. The molecule has 1 aliphatic carbocycles. The molecule has 0 aliphatic heterocycles. The maximum Gasteiger partial charge on any atom is 0.420 e. The van der Waals surface area contributed by atoms with E-state index in [4.69, 9.17) is 0 Å². The molecular weight excluding hydrogens is 279 g/mol. The first-order valence-corrected chi connectivity index (χ1v) is 6.36. The molecule has 112 valence electrons. The molecule has 0 bridgehead atoms. The van der Waals surface area contributed by atoms with Crippen LogP contribution in [0.4, 0.5) is 22.0 Å². The van der Waals surface area contributed by atoms with Crippen LogP contribution in [0.25, 0.3) is 6.08 Å². The number of hydrogen-bond donors (Lipinski definition) is 0. The zero-order valence-electron chi connectivity index (χ0n) is 10.8. The lowest BCUT2D eigenvalue weighted by Gasteiger charge is -2.28. The van der Waals surface area contributed by atoms with Crippen LogP contribution >= 0.6 is 0 Å². The van der Waals surface area contributed by atoms with Gasteiger partial charge in [-0.05, 0) is 24.8 Å². The standard InChI is InChI=1S/C13H15F5N2/c1-2-11-10(13(16,17)18)7-19-20(11)8-9-3-5-12(14,15)6-4-9/h2,7,9H,1,3-6,8H2. The predicted octanol–water partition coefficient (Wildman–Crippen LogP) is 4.37. The predicted molar refractivity (Wildman–Crippen MR) is 64.2 cm³/mol. The van der Waals surface area contributed by atoms with E-state index in [1.54, 1.807) is 0 Å². The van der Waals surface area contributed by atoms with E-state index in [0.29, 0.717) is 12.8 Å². The van der Waals surface area contributed by atoms with Crippen molar-refractivity contribution in [3.8, 4) is 0 Å². The topological polar surface area (TPSA) is 17.8 Å². The van der Waals surface area contributed by atoms with Crippen molar-refractivity contribution in [1.29, 1.82) is 0 Å². The zero-order valence-corrected chi connectivity index (χ0v) is 10.8. The Kier molecular flexibility index (Phi) is 3.88. The zero-order chi connectivity index (χ0) is 15.0. The van der Waals surface area contributed by atoms with Crippen LogP contribution in [0.3, 0.4) is 0 Å². The van der Waals surface area contributed by atoms with Crippen LogP contribution < -0.4 is 0 Å². The highest BCUT2D eigenvalue weighted by molar-refractivity contribution is 5.48.